The predicted molar refractivity (Wildman–Crippen MR) is 36.2 cm³/mol. The third kappa shape index (κ3) is 0.795. The molecule has 1 aromatic heterocycles. The van der Waals surface area contributed by atoms with Crippen LogP contribution in [0.3, 0.4) is 0 Å². The van der Waals surface area contributed by atoms with Crippen molar-refractivity contribution in [1.29, 1.82) is 0 Å². The monoisotopic (exact) mass is 136 g/mol. The van der Waals surface area contributed by atoms with E-state index in [1.54, 1.807) is 18.7 Å². The minimum absolute atomic E-state index is 0.120. The van der Waals surface area contributed by atoms with Gasteiger partial charge in [0.25, 0.3) is 0 Å². The van der Waals surface area contributed by atoms with Gasteiger partial charge in [-0.1, -0.05) is 0 Å². The van der Waals surface area contributed by atoms with E-state index in [2.05, 4.69) is 9.97 Å². The molecule has 10 heavy (non-hydrogen) atoms. The fraction of sp³-hybridized carbons (Fsp3) is 0.286. The first kappa shape index (κ1) is 5.53. The van der Waals surface area contributed by atoms with Crippen molar-refractivity contribution in [2.75, 3.05) is 0 Å². The molecule has 1 aromatic rings. The molecule has 0 radical (unpaired) electrons. The van der Waals surface area contributed by atoms with Crippen LogP contribution in [-0.2, 0) is 4.74 Å². The molecule has 2 rings (SSSR count). The van der Waals surface area contributed by atoms with Gasteiger partial charge in [0.1, 0.15) is 5.82 Å². The van der Waals surface area contributed by atoms with Crippen molar-refractivity contribution in [3.8, 4) is 0 Å². The van der Waals surface area contributed by atoms with E-state index >= 15 is 0 Å². The maximum Gasteiger partial charge on any atom is 0.159 e. The highest BCUT2D eigenvalue weighted by Crippen LogP contribution is 2.22. The highest BCUT2D eigenvalue weighted by Gasteiger charge is 2.15. The minimum Gasteiger partial charge on any atom is -0.490 e. The van der Waals surface area contributed by atoms with Crippen LogP contribution in [0.1, 0.15) is 18.3 Å². The second-order valence-corrected chi connectivity index (χ2v) is 2.21. The number of rotatable bonds is 1. The number of ether oxygens (including phenoxy) is 1. The Kier molecular flexibility index (Phi) is 1.20. The van der Waals surface area contributed by atoms with Gasteiger partial charge in [-0.15, -0.1) is 0 Å². The molecule has 3 heteroatoms. The van der Waals surface area contributed by atoms with Crippen LogP contribution in [0.4, 0.5) is 0 Å². The van der Waals surface area contributed by atoms with E-state index in [9.17, 15) is 0 Å². The summed E-state index contributed by atoms with van der Waals surface area (Å²) in [6.07, 6.45) is 8.29. The SMILES string of the molecule is C1=COC(c2ncc[nH]2)C1. The number of aromatic amines is 1. The van der Waals surface area contributed by atoms with Gasteiger partial charge in [0, 0.05) is 18.8 Å². The quantitative estimate of drug-likeness (QED) is 0.633. The third-order valence-corrected chi connectivity index (χ3v) is 1.51. The van der Waals surface area contributed by atoms with Crippen molar-refractivity contribution in [2.24, 2.45) is 0 Å². The van der Waals surface area contributed by atoms with E-state index in [4.69, 9.17) is 4.74 Å². The summed E-state index contributed by atoms with van der Waals surface area (Å²) in [6.45, 7) is 0. The van der Waals surface area contributed by atoms with Gasteiger partial charge >= 0.3 is 0 Å². The van der Waals surface area contributed by atoms with Crippen LogP contribution in [0.25, 0.3) is 0 Å². The van der Waals surface area contributed by atoms with Crippen molar-refractivity contribution in [2.45, 2.75) is 12.5 Å². The number of hydrogen-bond donors (Lipinski definition) is 1. The smallest absolute Gasteiger partial charge is 0.159 e. The third-order valence-electron chi connectivity index (χ3n) is 1.51. The number of H-pyrrole nitrogens is 1. The zero-order chi connectivity index (χ0) is 6.81. The lowest BCUT2D eigenvalue weighted by Gasteiger charge is -2.04. The summed E-state index contributed by atoms with van der Waals surface area (Å²) in [5.74, 6) is 0.907. The number of hydrogen-bond acceptors (Lipinski definition) is 2. The Morgan fingerprint density at radius 2 is 2.70 bits per heavy atom. The van der Waals surface area contributed by atoms with Crippen molar-refractivity contribution < 1.29 is 4.74 Å². The lowest BCUT2D eigenvalue weighted by molar-refractivity contribution is 0.165. The highest BCUT2D eigenvalue weighted by atomic mass is 16.5. The van der Waals surface area contributed by atoms with Crippen LogP contribution in [0.2, 0.25) is 0 Å². The first-order chi connectivity index (χ1) is 4.97. The molecule has 0 spiro atoms. The van der Waals surface area contributed by atoms with Gasteiger partial charge in [-0.3, -0.25) is 0 Å². The lowest BCUT2D eigenvalue weighted by atomic mass is 10.3. The summed E-state index contributed by atoms with van der Waals surface area (Å²) in [6, 6.07) is 0. The van der Waals surface area contributed by atoms with Crippen molar-refractivity contribution in [3.63, 3.8) is 0 Å². The van der Waals surface area contributed by atoms with Gasteiger partial charge in [-0.2, -0.15) is 0 Å². The van der Waals surface area contributed by atoms with Gasteiger partial charge in [0.2, 0.25) is 0 Å². The van der Waals surface area contributed by atoms with E-state index in [0.717, 1.165) is 12.2 Å². The zero-order valence-corrected chi connectivity index (χ0v) is 5.45. The molecule has 52 valence electrons. The molecule has 1 N–H and O–H groups in total. The molecule has 0 bridgehead atoms. The summed E-state index contributed by atoms with van der Waals surface area (Å²) >= 11 is 0. The molecule has 0 saturated carbocycles. The largest absolute Gasteiger partial charge is 0.490 e. The minimum atomic E-state index is 0.120. The van der Waals surface area contributed by atoms with Crippen LogP contribution < -0.4 is 0 Å². The number of nitrogens with zero attached hydrogens (tertiary/aromatic N) is 1. The van der Waals surface area contributed by atoms with Gasteiger partial charge in [0.05, 0.1) is 6.26 Å². The Morgan fingerprint density at radius 1 is 1.70 bits per heavy atom. The Balaban J connectivity index is 2.14. The Labute approximate surface area is 58.7 Å². The van der Waals surface area contributed by atoms with Gasteiger partial charge in [0.15, 0.2) is 6.10 Å². The predicted octanol–water partition coefficient (Wildman–Crippen LogP) is 1.38. The first-order valence-corrected chi connectivity index (χ1v) is 3.26. The van der Waals surface area contributed by atoms with E-state index in [0.29, 0.717) is 0 Å². The molecule has 0 aromatic carbocycles. The number of aromatic nitrogens is 2. The zero-order valence-electron chi connectivity index (χ0n) is 5.45. The summed E-state index contributed by atoms with van der Waals surface area (Å²) in [5.41, 5.74) is 0. The van der Waals surface area contributed by atoms with Crippen LogP contribution in [0, 0.1) is 0 Å². The van der Waals surface area contributed by atoms with Crippen molar-refractivity contribution >= 4 is 0 Å². The van der Waals surface area contributed by atoms with Crippen molar-refractivity contribution in [1.82, 2.24) is 9.97 Å². The van der Waals surface area contributed by atoms with E-state index in [1.807, 2.05) is 6.08 Å². The molecule has 1 atom stereocenters. The lowest BCUT2D eigenvalue weighted by Crippen LogP contribution is -1.96. The fourth-order valence-electron chi connectivity index (χ4n) is 1.01. The summed E-state index contributed by atoms with van der Waals surface area (Å²) < 4.78 is 5.22. The molecule has 1 unspecified atom stereocenters. The van der Waals surface area contributed by atoms with E-state index < -0.39 is 0 Å². The average molecular weight is 136 g/mol. The Bertz CT molecular complexity index is 220. The molecule has 2 heterocycles. The first-order valence-electron chi connectivity index (χ1n) is 3.26. The topological polar surface area (TPSA) is 37.9 Å². The van der Waals surface area contributed by atoms with E-state index in [-0.39, 0.29) is 6.10 Å². The maximum absolute atomic E-state index is 5.22. The maximum atomic E-state index is 5.22. The molecule has 1 aliphatic heterocycles. The van der Waals surface area contributed by atoms with Crippen LogP contribution >= 0.6 is 0 Å². The Morgan fingerprint density at radius 3 is 3.30 bits per heavy atom. The van der Waals surface area contributed by atoms with Crippen LogP contribution in [0.15, 0.2) is 24.7 Å². The van der Waals surface area contributed by atoms with Gasteiger partial charge in [-0.25, -0.2) is 4.98 Å². The molecule has 0 amide bonds. The molecule has 1 aliphatic rings. The summed E-state index contributed by atoms with van der Waals surface area (Å²) in [4.78, 5) is 7.08. The number of imidazole rings is 1. The van der Waals surface area contributed by atoms with Crippen molar-refractivity contribution in [3.05, 3.63) is 30.6 Å². The van der Waals surface area contributed by atoms with Crippen LogP contribution in [-0.4, -0.2) is 9.97 Å². The fourth-order valence-corrected chi connectivity index (χ4v) is 1.01. The Hall–Kier alpha value is -1.25. The second kappa shape index (κ2) is 2.17. The number of nitrogens with one attached hydrogen (secondary N) is 1. The molecular weight excluding hydrogens is 128 g/mol. The van der Waals surface area contributed by atoms with Gasteiger partial charge < -0.3 is 9.72 Å². The average Bonchev–Trinajstić information content (AvgIpc) is 2.59. The normalized spacial score (nSPS) is 23.0. The molecular formula is C7H8N2O. The molecule has 3 nitrogen and oxygen atoms in total. The second-order valence-electron chi connectivity index (χ2n) is 2.21. The molecule has 0 aliphatic carbocycles. The molecule has 0 fully saturated rings. The molecule has 0 saturated heterocycles. The van der Waals surface area contributed by atoms with Gasteiger partial charge in [-0.05, 0) is 6.08 Å². The van der Waals surface area contributed by atoms with Crippen LogP contribution in [0.5, 0.6) is 0 Å². The highest BCUT2D eigenvalue weighted by molar-refractivity contribution is 5.00. The standard InChI is InChI=1S/C7H8N2O/c1-2-6(10-5-1)7-8-3-4-9-7/h1,3-6H,2H2,(H,8,9). The van der Waals surface area contributed by atoms with E-state index in [1.165, 1.54) is 0 Å². The summed E-state index contributed by atoms with van der Waals surface area (Å²) in [5, 5.41) is 0. The summed E-state index contributed by atoms with van der Waals surface area (Å²) in [7, 11) is 0.